The van der Waals surface area contributed by atoms with Gasteiger partial charge in [0, 0.05) is 32.2 Å². The van der Waals surface area contributed by atoms with Crippen LogP contribution < -0.4 is 5.32 Å². The topological polar surface area (TPSA) is 72.9 Å². The summed E-state index contributed by atoms with van der Waals surface area (Å²) in [4.78, 5) is 27.1. The van der Waals surface area contributed by atoms with Gasteiger partial charge in [0.25, 0.3) is 0 Å². The Balaban J connectivity index is 1.67. The van der Waals surface area contributed by atoms with Gasteiger partial charge in [-0.3, -0.25) is 4.79 Å². The van der Waals surface area contributed by atoms with Crippen molar-refractivity contribution in [3.8, 4) is 0 Å². The lowest BCUT2D eigenvalue weighted by Gasteiger charge is -2.28. The molecule has 1 saturated carbocycles. The Labute approximate surface area is 106 Å². The van der Waals surface area contributed by atoms with Gasteiger partial charge in [-0.2, -0.15) is 0 Å². The Hall–Kier alpha value is -1.30. The minimum Gasteiger partial charge on any atom is -0.481 e. The number of hydrogen-bond donors (Lipinski definition) is 2. The molecule has 3 atom stereocenters. The van der Waals surface area contributed by atoms with Crippen LogP contribution in [0.25, 0.3) is 0 Å². The van der Waals surface area contributed by atoms with Gasteiger partial charge in [0.05, 0.1) is 12.0 Å². The number of hydrogen-bond acceptors (Lipinski definition) is 3. The Bertz CT molecular complexity index is 374. The van der Waals surface area contributed by atoms with Gasteiger partial charge >= 0.3 is 12.0 Å². The Morgan fingerprint density at radius 2 is 2.11 bits per heavy atom. The van der Waals surface area contributed by atoms with E-state index in [1.807, 2.05) is 9.80 Å². The molecule has 3 fully saturated rings. The van der Waals surface area contributed by atoms with Gasteiger partial charge in [0.1, 0.15) is 0 Å². The summed E-state index contributed by atoms with van der Waals surface area (Å²) < 4.78 is 0. The van der Waals surface area contributed by atoms with E-state index in [9.17, 15) is 9.59 Å². The van der Waals surface area contributed by atoms with Crippen LogP contribution in [0, 0.1) is 5.92 Å². The van der Waals surface area contributed by atoms with E-state index in [0.717, 1.165) is 32.6 Å². The van der Waals surface area contributed by atoms with Crippen molar-refractivity contribution in [2.45, 2.75) is 31.3 Å². The van der Waals surface area contributed by atoms with Gasteiger partial charge in [-0.05, 0) is 19.3 Å². The molecule has 2 N–H and O–H groups in total. The van der Waals surface area contributed by atoms with Gasteiger partial charge < -0.3 is 20.2 Å². The second-order valence-electron chi connectivity index (χ2n) is 5.49. The highest BCUT2D eigenvalue weighted by molar-refractivity contribution is 5.78. The van der Waals surface area contributed by atoms with Crippen molar-refractivity contribution in [3.63, 3.8) is 0 Å². The molecule has 6 nitrogen and oxygen atoms in total. The summed E-state index contributed by atoms with van der Waals surface area (Å²) in [5.41, 5.74) is 0. The number of nitrogens with one attached hydrogen (secondary N) is 1. The van der Waals surface area contributed by atoms with Gasteiger partial charge in [-0.15, -0.1) is 0 Å². The van der Waals surface area contributed by atoms with Gasteiger partial charge in [0.2, 0.25) is 0 Å². The largest absolute Gasteiger partial charge is 0.481 e. The van der Waals surface area contributed by atoms with Crippen LogP contribution >= 0.6 is 0 Å². The summed E-state index contributed by atoms with van der Waals surface area (Å²) in [5.74, 6) is -0.984. The number of piperazine rings is 1. The first kappa shape index (κ1) is 11.8. The fourth-order valence-corrected chi connectivity index (χ4v) is 3.42. The molecular weight excluding hydrogens is 234 g/mol. The second kappa shape index (κ2) is 4.42. The first-order valence-corrected chi connectivity index (χ1v) is 6.67. The average Bonchev–Trinajstić information content (AvgIpc) is 2.95. The molecule has 0 aromatic carbocycles. The lowest BCUT2D eigenvalue weighted by atomic mass is 10.1. The van der Waals surface area contributed by atoms with Gasteiger partial charge in [-0.25, -0.2) is 4.79 Å². The second-order valence-corrected chi connectivity index (χ2v) is 5.49. The molecule has 0 unspecified atom stereocenters. The number of fused-ring (bicyclic) bond motifs is 1. The fourth-order valence-electron chi connectivity index (χ4n) is 3.42. The third-order valence-electron chi connectivity index (χ3n) is 4.44. The van der Waals surface area contributed by atoms with E-state index in [-0.39, 0.29) is 24.0 Å². The van der Waals surface area contributed by atoms with Crippen molar-refractivity contribution in [2.24, 2.45) is 5.92 Å². The highest BCUT2D eigenvalue weighted by atomic mass is 16.4. The summed E-state index contributed by atoms with van der Waals surface area (Å²) in [5, 5.41) is 12.3. The molecule has 2 heterocycles. The smallest absolute Gasteiger partial charge is 0.320 e. The first-order chi connectivity index (χ1) is 8.66. The minimum atomic E-state index is -0.719. The lowest BCUT2D eigenvalue weighted by Crippen LogP contribution is -2.50. The monoisotopic (exact) mass is 253 g/mol. The van der Waals surface area contributed by atoms with Crippen LogP contribution in [0.5, 0.6) is 0 Å². The zero-order valence-electron chi connectivity index (χ0n) is 10.3. The summed E-state index contributed by atoms with van der Waals surface area (Å²) in [6.07, 6.45) is 2.15. The van der Waals surface area contributed by atoms with E-state index in [4.69, 9.17) is 5.11 Å². The van der Waals surface area contributed by atoms with Crippen molar-refractivity contribution in [1.82, 2.24) is 15.1 Å². The Morgan fingerprint density at radius 1 is 1.28 bits per heavy atom. The number of nitrogens with zero attached hydrogens (tertiary/aromatic N) is 2. The normalized spacial score (nSPS) is 36.0. The molecule has 0 aromatic rings. The third-order valence-corrected chi connectivity index (χ3v) is 4.44. The predicted octanol–water partition coefficient (Wildman–Crippen LogP) is -0.0509. The van der Waals surface area contributed by atoms with E-state index in [1.54, 1.807) is 0 Å². The standard InChI is InChI=1S/C12H19N3O3/c16-11(17)8-1-2-9(5-8)15-7-10-6-13-3-4-14(10)12(15)18/h8-10,13H,1-7H2,(H,16,17)/t8-,9+,10+/m1/s1. The van der Waals surface area contributed by atoms with Crippen LogP contribution in [0.1, 0.15) is 19.3 Å². The van der Waals surface area contributed by atoms with Crippen LogP contribution in [0.4, 0.5) is 4.79 Å². The molecular formula is C12H19N3O3. The van der Waals surface area contributed by atoms with Crippen molar-refractivity contribution in [1.29, 1.82) is 0 Å². The van der Waals surface area contributed by atoms with Gasteiger partial charge in [-0.1, -0.05) is 0 Å². The summed E-state index contributed by atoms with van der Waals surface area (Å²) >= 11 is 0. The zero-order chi connectivity index (χ0) is 12.7. The highest BCUT2D eigenvalue weighted by Crippen LogP contribution is 2.32. The van der Waals surface area contributed by atoms with E-state index in [2.05, 4.69) is 5.32 Å². The van der Waals surface area contributed by atoms with Crippen LogP contribution in [0.2, 0.25) is 0 Å². The average molecular weight is 253 g/mol. The van der Waals surface area contributed by atoms with Crippen LogP contribution in [0.15, 0.2) is 0 Å². The van der Waals surface area contributed by atoms with E-state index in [1.165, 1.54) is 0 Å². The number of carbonyl (C=O) groups excluding carboxylic acids is 1. The molecule has 2 amide bonds. The summed E-state index contributed by atoms with van der Waals surface area (Å²) in [6, 6.07) is 0.511. The maximum Gasteiger partial charge on any atom is 0.320 e. The highest BCUT2D eigenvalue weighted by Gasteiger charge is 2.44. The molecule has 18 heavy (non-hydrogen) atoms. The first-order valence-electron chi connectivity index (χ1n) is 6.67. The number of carboxylic acids is 1. The SMILES string of the molecule is O=C(O)[C@@H]1CC[C@H](N2C[C@@H]3CNCCN3C2=O)C1. The Morgan fingerprint density at radius 3 is 2.78 bits per heavy atom. The lowest BCUT2D eigenvalue weighted by molar-refractivity contribution is -0.141. The summed E-state index contributed by atoms with van der Waals surface area (Å²) in [7, 11) is 0. The zero-order valence-corrected chi connectivity index (χ0v) is 10.3. The molecule has 0 aromatic heterocycles. The number of urea groups is 1. The van der Waals surface area contributed by atoms with Crippen molar-refractivity contribution < 1.29 is 14.7 Å². The van der Waals surface area contributed by atoms with E-state index >= 15 is 0 Å². The molecule has 2 aliphatic heterocycles. The van der Waals surface area contributed by atoms with Crippen molar-refractivity contribution >= 4 is 12.0 Å². The molecule has 6 heteroatoms. The number of rotatable bonds is 2. The number of carbonyl (C=O) groups is 2. The number of amides is 2. The van der Waals surface area contributed by atoms with Crippen LogP contribution in [0.3, 0.4) is 0 Å². The predicted molar refractivity (Wildman–Crippen MR) is 64.2 cm³/mol. The van der Waals surface area contributed by atoms with E-state index < -0.39 is 5.97 Å². The number of carboxylic acid groups (broad SMARTS) is 1. The van der Waals surface area contributed by atoms with Crippen molar-refractivity contribution in [2.75, 3.05) is 26.2 Å². The Kier molecular flexibility index (Phi) is 2.89. The van der Waals surface area contributed by atoms with Crippen LogP contribution in [-0.2, 0) is 4.79 Å². The van der Waals surface area contributed by atoms with Crippen molar-refractivity contribution in [3.05, 3.63) is 0 Å². The van der Waals surface area contributed by atoms with E-state index in [0.29, 0.717) is 12.8 Å². The molecule has 2 saturated heterocycles. The van der Waals surface area contributed by atoms with Crippen LogP contribution in [-0.4, -0.2) is 65.2 Å². The molecule has 0 spiro atoms. The maximum atomic E-state index is 12.3. The third kappa shape index (κ3) is 1.84. The quantitative estimate of drug-likeness (QED) is 0.723. The number of aliphatic carboxylic acids is 1. The molecule has 0 radical (unpaired) electrons. The maximum absolute atomic E-state index is 12.3. The summed E-state index contributed by atoms with van der Waals surface area (Å²) in [6.45, 7) is 3.24. The fraction of sp³-hybridized carbons (Fsp3) is 0.833. The molecule has 100 valence electrons. The minimum absolute atomic E-state index is 0.109. The molecule has 1 aliphatic carbocycles. The molecule has 3 rings (SSSR count). The molecule has 3 aliphatic rings. The van der Waals surface area contributed by atoms with Gasteiger partial charge in [0.15, 0.2) is 0 Å². The molecule has 0 bridgehead atoms.